The van der Waals surface area contributed by atoms with E-state index in [2.05, 4.69) is 15.6 Å². The van der Waals surface area contributed by atoms with E-state index in [1.807, 2.05) is 6.92 Å². The Labute approximate surface area is 110 Å². The molecule has 0 radical (unpaired) electrons. The molecule has 2 N–H and O–H groups in total. The summed E-state index contributed by atoms with van der Waals surface area (Å²) in [5, 5.41) is 5.77. The second-order valence-corrected chi connectivity index (χ2v) is 5.84. The number of aromatic nitrogens is 1. The molecule has 0 bridgehead atoms. The zero-order valence-electron chi connectivity index (χ0n) is 10.9. The molecule has 18 heavy (non-hydrogen) atoms. The van der Waals surface area contributed by atoms with Gasteiger partial charge in [0.25, 0.3) is 5.91 Å². The molecule has 0 aliphatic heterocycles. The van der Waals surface area contributed by atoms with Crippen LogP contribution < -0.4 is 10.6 Å². The lowest BCUT2D eigenvalue weighted by atomic mass is 10.2. The summed E-state index contributed by atoms with van der Waals surface area (Å²) in [6.45, 7) is 2.43. The zero-order valence-corrected chi connectivity index (χ0v) is 11.7. The molecule has 0 aromatic carbocycles. The molecule has 1 aromatic rings. The molecule has 6 heteroatoms. The number of pyridine rings is 1. The highest BCUT2D eigenvalue weighted by atomic mass is 32.2. The van der Waals surface area contributed by atoms with Gasteiger partial charge in [-0.2, -0.15) is 0 Å². The van der Waals surface area contributed by atoms with Gasteiger partial charge in [-0.15, -0.1) is 0 Å². The summed E-state index contributed by atoms with van der Waals surface area (Å²) in [6.07, 6.45) is 3.91. The quantitative estimate of drug-likeness (QED) is 0.808. The van der Waals surface area contributed by atoms with Crippen molar-refractivity contribution < 1.29 is 9.00 Å². The van der Waals surface area contributed by atoms with Crippen molar-refractivity contribution in [2.45, 2.75) is 18.6 Å². The first-order chi connectivity index (χ1) is 8.54. The van der Waals surface area contributed by atoms with Crippen molar-refractivity contribution in [2.24, 2.45) is 0 Å². The van der Waals surface area contributed by atoms with E-state index in [0.717, 1.165) is 5.82 Å². The molecular weight excluding hydrogens is 250 g/mol. The molecular formula is C12H19N3O2S. The number of nitrogens with one attached hydrogen (secondary N) is 2. The fraction of sp³-hybridized carbons (Fsp3) is 0.500. The van der Waals surface area contributed by atoms with E-state index in [1.165, 1.54) is 6.20 Å². The van der Waals surface area contributed by atoms with E-state index in [-0.39, 0.29) is 11.2 Å². The summed E-state index contributed by atoms with van der Waals surface area (Å²) in [5.74, 6) is 0.570. The Bertz CT molecular complexity index is 420. The number of carbonyl (C=O) groups is 1. The molecule has 0 aliphatic carbocycles. The maximum Gasteiger partial charge on any atom is 0.252 e. The third-order valence-electron chi connectivity index (χ3n) is 2.68. The highest BCUT2D eigenvalue weighted by Gasteiger charge is 2.08. The molecule has 0 saturated heterocycles. The van der Waals surface area contributed by atoms with Crippen molar-refractivity contribution in [3.63, 3.8) is 0 Å². The van der Waals surface area contributed by atoms with Crippen molar-refractivity contribution in [2.75, 3.05) is 25.2 Å². The summed E-state index contributed by atoms with van der Waals surface area (Å²) in [6, 6.07) is 3.47. The first-order valence-corrected chi connectivity index (χ1v) is 7.41. The fourth-order valence-electron chi connectivity index (χ4n) is 1.33. The Morgan fingerprint density at radius 3 is 2.72 bits per heavy atom. The second-order valence-electron chi connectivity index (χ2n) is 4.04. The number of anilines is 1. The van der Waals surface area contributed by atoms with Crippen LogP contribution in [0.2, 0.25) is 0 Å². The summed E-state index contributed by atoms with van der Waals surface area (Å²) >= 11 is 0. The molecule has 1 amide bonds. The van der Waals surface area contributed by atoms with Gasteiger partial charge >= 0.3 is 0 Å². The van der Waals surface area contributed by atoms with Gasteiger partial charge in [0.1, 0.15) is 5.82 Å². The number of hydrogen-bond acceptors (Lipinski definition) is 4. The Morgan fingerprint density at radius 2 is 2.22 bits per heavy atom. The van der Waals surface area contributed by atoms with Gasteiger partial charge in [-0.3, -0.25) is 9.00 Å². The lowest BCUT2D eigenvalue weighted by Crippen LogP contribution is -2.27. The Balaban J connectivity index is 2.42. The van der Waals surface area contributed by atoms with Crippen molar-refractivity contribution >= 4 is 22.5 Å². The zero-order chi connectivity index (χ0) is 13.5. The fourth-order valence-corrected chi connectivity index (χ4v) is 1.78. The van der Waals surface area contributed by atoms with Crippen LogP contribution in [0.5, 0.6) is 0 Å². The maximum absolute atomic E-state index is 11.7. The van der Waals surface area contributed by atoms with Crippen molar-refractivity contribution in [3.8, 4) is 0 Å². The van der Waals surface area contributed by atoms with Crippen LogP contribution in [0, 0.1) is 0 Å². The van der Waals surface area contributed by atoms with Crippen LogP contribution >= 0.6 is 0 Å². The van der Waals surface area contributed by atoms with Crippen LogP contribution in [-0.2, 0) is 10.8 Å². The van der Waals surface area contributed by atoms with Gasteiger partial charge in [-0.05, 0) is 18.6 Å². The van der Waals surface area contributed by atoms with E-state index < -0.39 is 10.8 Å². The predicted molar refractivity (Wildman–Crippen MR) is 74.3 cm³/mol. The molecule has 100 valence electrons. The van der Waals surface area contributed by atoms with Crippen molar-refractivity contribution in [3.05, 3.63) is 23.9 Å². The molecule has 1 rings (SSSR count). The van der Waals surface area contributed by atoms with Gasteiger partial charge in [0.2, 0.25) is 0 Å². The first kappa shape index (κ1) is 14.6. The molecule has 2 unspecified atom stereocenters. The van der Waals surface area contributed by atoms with E-state index in [4.69, 9.17) is 0 Å². The number of amides is 1. The topological polar surface area (TPSA) is 71.1 Å². The highest BCUT2D eigenvalue weighted by molar-refractivity contribution is 7.84. The standard InChI is InChI=1S/C12H19N3O2S/c1-9(18(3)17)6-7-14-12(16)10-4-5-11(13-2)15-8-10/h4-5,8-9H,6-7H2,1-3H3,(H,13,15)(H,14,16). The Kier molecular flexibility index (Phi) is 5.77. The summed E-state index contributed by atoms with van der Waals surface area (Å²) in [7, 11) is 0.926. The monoisotopic (exact) mass is 269 g/mol. The second kappa shape index (κ2) is 7.10. The molecule has 0 saturated carbocycles. The van der Waals surface area contributed by atoms with E-state index in [1.54, 1.807) is 25.4 Å². The van der Waals surface area contributed by atoms with Crippen LogP contribution in [0.4, 0.5) is 5.82 Å². The average Bonchev–Trinajstić information content (AvgIpc) is 2.38. The van der Waals surface area contributed by atoms with E-state index >= 15 is 0 Å². The van der Waals surface area contributed by atoms with Crippen LogP contribution in [0.1, 0.15) is 23.7 Å². The van der Waals surface area contributed by atoms with Gasteiger partial charge in [0.15, 0.2) is 0 Å². The van der Waals surface area contributed by atoms with E-state index in [0.29, 0.717) is 18.5 Å². The SMILES string of the molecule is CNc1ccc(C(=O)NCCC(C)S(C)=O)cn1. The smallest absolute Gasteiger partial charge is 0.252 e. The maximum atomic E-state index is 11.7. The van der Waals surface area contributed by atoms with Gasteiger partial charge < -0.3 is 10.6 Å². The minimum atomic E-state index is -0.846. The Hall–Kier alpha value is -1.43. The largest absolute Gasteiger partial charge is 0.373 e. The Morgan fingerprint density at radius 1 is 1.50 bits per heavy atom. The van der Waals surface area contributed by atoms with Gasteiger partial charge in [0, 0.05) is 42.1 Å². The number of carbonyl (C=O) groups excluding carboxylic acids is 1. The predicted octanol–water partition coefficient (Wildman–Crippen LogP) is 1.01. The molecule has 0 spiro atoms. The van der Waals surface area contributed by atoms with Gasteiger partial charge in [-0.1, -0.05) is 6.92 Å². The van der Waals surface area contributed by atoms with E-state index in [9.17, 15) is 9.00 Å². The van der Waals surface area contributed by atoms with Gasteiger partial charge in [-0.25, -0.2) is 4.98 Å². The summed E-state index contributed by atoms with van der Waals surface area (Å²) < 4.78 is 11.1. The summed E-state index contributed by atoms with van der Waals surface area (Å²) in [5.41, 5.74) is 0.527. The molecule has 5 nitrogen and oxygen atoms in total. The van der Waals surface area contributed by atoms with Crippen LogP contribution in [0.15, 0.2) is 18.3 Å². The minimum Gasteiger partial charge on any atom is -0.373 e. The molecule has 2 atom stereocenters. The van der Waals surface area contributed by atoms with Crippen LogP contribution in [0.3, 0.4) is 0 Å². The highest BCUT2D eigenvalue weighted by Crippen LogP contribution is 2.04. The lowest BCUT2D eigenvalue weighted by molar-refractivity contribution is 0.0953. The number of rotatable bonds is 6. The third kappa shape index (κ3) is 4.44. The number of hydrogen-bond donors (Lipinski definition) is 2. The molecule has 1 aromatic heterocycles. The lowest BCUT2D eigenvalue weighted by Gasteiger charge is -2.09. The van der Waals surface area contributed by atoms with Gasteiger partial charge in [0.05, 0.1) is 5.56 Å². The van der Waals surface area contributed by atoms with Crippen molar-refractivity contribution in [1.29, 1.82) is 0 Å². The third-order valence-corrected chi connectivity index (χ3v) is 4.05. The van der Waals surface area contributed by atoms with Crippen LogP contribution in [0.25, 0.3) is 0 Å². The molecule has 0 aliphatic rings. The molecule has 1 heterocycles. The first-order valence-electron chi connectivity index (χ1n) is 5.79. The van der Waals surface area contributed by atoms with Crippen molar-refractivity contribution in [1.82, 2.24) is 10.3 Å². The summed E-state index contributed by atoms with van der Waals surface area (Å²) in [4.78, 5) is 15.8. The normalized spacial score (nSPS) is 13.7. The molecule has 0 fully saturated rings. The van der Waals surface area contributed by atoms with Crippen LogP contribution in [-0.4, -0.2) is 40.2 Å². The average molecular weight is 269 g/mol. The minimum absolute atomic E-state index is 0.0927. The number of nitrogens with zero attached hydrogens (tertiary/aromatic N) is 1.